The highest BCUT2D eigenvalue weighted by molar-refractivity contribution is 6.43. The normalized spacial score (nSPS) is 17.3. The lowest BCUT2D eigenvalue weighted by molar-refractivity contribution is -0.133. The van der Waals surface area contributed by atoms with Gasteiger partial charge in [0, 0.05) is 38.4 Å². The van der Waals surface area contributed by atoms with Crippen molar-refractivity contribution in [2.24, 2.45) is 0 Å². The summed E-state index contributed by atoms with van der Waals surface area (Å²) in [5.74, 6) is -0.0410. The third-order valence-corrected chi connectivity index (χ3v) is 6.63. The number of nitrogens with zero attached hydrogens (tertiary/aromatic N) is 3. The number of hydrogen-bond donors (Lipinski definition) is 0. The van der Waals surface area contributed by atoms with Crippen molar-refractivity contribution in [1.82, 2.24) is 9.80 Å². The maximum atomic E-state index is 13.1. The highest BCUT2D eigenvalue weighted by Gasteiger charge is 2.33. The molecule has 0 saturated carbocycles. The highest BCUT2D eigenvalue weighted by atomic mass is 35.5. The van der Waals surface area contributed by atoms with Gasteiger partial charge in [0.15, 0.2) is 0 Å². The largest absolute Gasteiger partial charge is 0.359 e. The summed E-state index contributed by atoms with van der Waals surface area (Å²) in [7, 11) is 0. The molecule has 2 aliphatic rings. The van der Waals surface area contributed by atoms with Gasteiger partial charge in [-0.25, -0.2) is 0 Å². The van der Waals surface area contributed by atoms with Crippen LogP contribution < -0.4 is 4.90 Å². The van der Waals surface area contributed by atoms with E-state index in [2.05, 4.69) is 17.0 Å². The van der Waals surface area contributed by atoms with Crippen LogP contribution in [0.2, 0.25) is 10.0 Å². The van der Waals surface area contributed by atoms with Crippen LogP contribution in [0.4, 0.5) is 5.69 Å². The Hall–Kier alpha value is -2.24. The molecular formula is C22H23Cl2N3O2. The molecule has 2 aromatic carbocycles. The first kappa shape index (κ1) is 20.0. The van der Waals surface area contributed by atoms with E-state index >= 15 is 0 Å². The molecule has 1 saturated heterocycles. The quantitative estimate of drug-likeness (QED) is 0.743. The molecule has 0 unspecified atom stereocenters. The lowest BCUT2D eigenvalue weighted by Gasteiger charge is -2.38. The number of anilines is 1. The molecule has 152 valence electrons. The minimum absolute atomic E-state index is 0.106. The van der Waals surface area contributed by atoms with Gasteiger partial charge in [-0.3, -0.25) is 9.59 Å². The van der Waals surface area contributed by atoms with Gasteiger partial charge in [0.2, 0.25) is 5.91 Å². The molecule has 2 amide bonds. The summed E-state index contributed by atoms with van der Waals surface area (Å²) in [6, 6.07) is 13.1. The number of benzene rings is 2. The number of para-hydroxylation sites is 1. The standard InChI is InChI=1S/C22H23Cl2N3O2/c1-15(27-10-9-16-5-2-3-8-19(16)27)21(28)25-11-13-26(14-12-25)22(29)17-6-4-7-18(23)20(17)24/h2-8,15H,9-14H2,1H3/t15-/m1/s1. The third-order valence-electron chi connectivity index (χ3n) is 5.81. The molecule has 2 heterocycles. The molecule has 1 fully saturated rings. The van der Waals surface area contributed by atoms with Crippen LogP contribution in [-0.2, 0) is 11.2 Å². The SMILES string of the molecule is C[C@H](C(=O)N1CCN(C(=O)c2cccc(Cl)c2Cl)CC1)N1CCc2ccccc21. The van der Waals surface area contributed by atoms with Crippen molar-refractivity contribution < 1.29 is 9.59 Å². The molecular weight excluding hydrogens is 409 g/mol. The second-order valence-corrected chi connectivity index (χ2v) is 8.25. The Morgan fingerprint density at radius 1 is 0.897 bits per heavy atom. The zero-order chi connectivity index (χ0) is 20.5. The number of carbonyl (C=O) groups is 2. The Kier molecular flexibility index (Phi) is 5.70. The minimum atomic E-state index is -0.219. The van der Waals surface area contributed by atoms with Crippen LogP contribution in [0, 0.1) is 0 Å². The van der Waals surface area contributed by atoms with Crippen molar-refractivity contribution >= 4 is 40.7 Å². The van der Waals surface area contributed by atoms with Crippen LogP contribution in [0.3, 0.4) is 0 Å². The van der Waals surface area contributed by atoms with Gasteiger partial charge in [-0.1, -0.05) is 47.5 Å². The van der Waals surface area contributed by atoms with Gasteiger partial charge in [0.05, 0.1) is 15.6 Å². The molecule has 2 aliphatic heterocycles. The topological polar surface area (TPSA) is 43.9 Å². The van der Waals surface area contributed by atoms with Crippen molar-refractivity contribution in [3.63, 3.8) is 0 Å². The number of piperazine rings is 1. The fourth-order valence-corrected chi connectivity index (χ4v) is 4.51. The van der Waals surface area contributed by atoms with Crippen LogP contribution in [0.1, 0.15) is 22.8 Å². The fraction of sp³-hybridized carbons (Fsp3) is 0.364. The monoisotopic (exact) mass is 431 g/mol. The zero-order valence-electron chi connectivity index (χ0n) is 16.3. The molecule has 0 bridgehead atoms. The molecule has 2 aromatic rings. The van der Waals surface area contributed by atoms with E-state index < -0.39 is 0 Å². The Morgan fingerprint density at radius 2 is 1.59 bits per heavy atom. The Bertz CT molecular complexity index is 941. The van der Waals surface area contributed by atoms with Crippen LogP contribution in [0.25, 0.3) is 0 Å². The Labute approximate surface area is 180 Å². The van der Waals surface area contributed by atoms with E-state index in [0.29, 0.717) is 36.8 Å². The van der Waals surface area contributed by atoms with E-state index in [1.807, 2.05) is 24.0 Å². The van der Waals surface area contributed by atoms with Crippen molar-refractivity contribution in [3.05, 3.63) is 63.6 Å². The lowest BCUT2D eigenvalue weighted by atomic mass is 10.1. The van der Waals surface area contributed by atoms with Gasteiger partial charge in [-0.15, -0.1) is 0 Å². The van der Waals surface area contributed by atoms with Gasteiger partial charge in [0.1, 0.15) is 6.04 Å². The summed E-state index contributed by atoms with van der Waals surface area (Å²) in [6.07, 6.45) is 0.969. The molecule has 0 radical (unpaired) electrons. The number of fused-ring (bicyclic) bond motifs is 1. The Morgan fingerprint density at radius 3 is 2.34 bits per heavy atom. The number of halogens is 2. The van der Waals surface area contributed by atoms with Crippen LogP contribution in [0.15, 0.2) is 42.5 Å². The second kappa shape index (κ2) is 8.25. The van der Waals surface area contributed by atoms with E-state index in [4.69, 9.17) is 23.2 Å². The van der Waals surface area contributed by atoms with Gasteiger partial charge in [-0.2, -0.15) is 0 Å². The van der Waals surface area contributed by atoms with Crippen molar-refractivity contribution in [3.8, 4) is 0 Å². The third kappa shape index (κ3) is 3.81. The molecule has 0 N–H and O–H groups in total. The van der Waals surface area contributed by atoms with Crippen molar-refractivity contribution in [2.75, 3.05) is 37.6 Å². The van der Waals surface area contributed by atoms with E-state index in [9.17, 15) is 9.59 Å². The predicted octanol–water partition coefficient (Wildman–Crippen LogP) is 3.73. The molecule has 29 heavy (non-hydrogen) atoms. The maximum absolute atomic E-state index is 13.1. The second-order valence-electron chi connectivity index (χ2n) is 7.47. The first-order chi connectivity index (χ1) is 14.0. The average Bonchev–Trinajstić information content (AvgIpc) is 3.18. The lowest BCUT2D eigenvalue weighted by Crippen LogP contribution is -2.55. The molecule has 4 rings (SSSR count). The summed E-state index contributed by atoms with van der Waals surface area (Å²) >= 11 is 12.2. The first-order valence-corrected chi connectivity index (χ1v) is 10.6. The maximum Gasteiger partial charge on any atom is 0.255 e. The van der Waals surface area contributed by atoms with E-state index in [-0.39, 0.29) is 22.9 Å². The number of hydrogen-bond acceptors (Lipinski definition) is 3. The van der Waals surface area contributed by atoms with E-state index in [1.54, 1.807) is 23.1 Å². The van der Waals surface area contributed by atoms with E-state index in [0.717, 1.165) is 18.7 Å². The number of rotatable bonds is 3. The van der Waals surface area contributed by atoms with Gasteiger partial charge in [0.25, 0.3) is 5.91 Å². The fourth-order valence-electron chi connectivity index (χ4n) is 4.13. The summed E-state index contributed by atoms with van der Waals surface area (Å²) in [6.45, 7) is 4.82. The molecule has 0 aliphatic carbocycles. The summed E-state index contributed by atoms with van der Waals surface area (Å²) in [5.41, 5.74) is 2.85. The van der Waals surface area contributed by atoms with Gasteiger partial charge < -0.3 is 14.7 Å². The first-order valence-electron chi connectivity index (χ1n) is 9.84. The summed E-state index contributed by atoms with van der Waals surface area (Å²) in [5, 5.41) is 0.644. The average molecular weight is 432 g/mol. The Balaban J connectivity index is 1.39. The molecule has 5 nitrogen and oxygen atoms in total. The van der Waals surface area contributed by atoms with Crippen LogP contribution >= 0.6 is 23.2 Å². The zero-order valence-corrected chi connectivity index (χ0v) is 17.8. The molecule has 7 heteroatoms. The van der Waals surface area contributed by atoms with E-state index in [1.165, 1.54) is 5.56 Å². The highest BCUT2D eigenvalue weighted by Crippen LogP contribution is 2.30. The molecule has 0 spiro atoms. The molecule has 1 atom stereocenters. The smallest absolute Gasteiger partial charge is 0.255 e. The summed E-state index contributed by atoms with van der Waals surface area (Å²) < 4.78 is 0. The number of carbonyl (C=O) groups excluding carboxylic acids is 2. The minimum Gasteiger partial charge on any atom is -0.359 e. The van der Waals surface area contributed by atoms with Crippen molar-refractivity contribution in [2.45, 2.75) is 19.4 Å². The van der Waals surface area contributed by atoms with Crippen LogP contribution in [-0.4, -0.2) is 60.4 Å². The van der Waals surface area contributed by atoms with Crippen LogP contribution in [0.5, 0.6) is 0 Å². The van der Waals surface area contributed by atoms with Gasteiger partial charge in [-0.05, 0) is 37.1 Å². The van der Waals surface area contributed by atoms with Crippen molar-refractivity contribution in [1.29, 1.82) is 0 Å². The van der Waals surface area contributed by atoms with Gasteiger partial charge >= 0.3 is 0 Å². The predicted molar refractivity (Wildman–Crippen MR) is 116 cm³/mol. The number of amides is 2. The molecule has 0 aromatic heterocycles. The summed E-state index contributed by atoms with van der Waals surface area (Å²) in [4.78, 5) is 31.7.